The Morgan fingerprint density at radius 1 is 1.62 bits per heavy atom. The first-order valence-corrected chi connectivity index (χ1v) is 2.88. The fourth-order valence-electron chi connectivity index (χ4n) is 0.539. The molecule has 0 aromatic heterocycles. The summed E-state index contributed by atoms with van der Waals surface area (Å²) in [6.45, 7) is 9.09. The first-order chi connectivity index (χ1) is 3.66. The van der Waals surface area contributed by atoms with E-state index in [1.165, 1.54) is 0 Å². The summed E-state index contributed by atoms with van der Waals surface area (Å²) in [7, 11) is 0. The van der Waals surface area contributed by atoms with E-state index in [1.54, 1.807) is 0 Å². The van der Waals surface area contributed by atoms with Crippen molar-refractivity contribution < 1.29 is 4.79 Å². The molecule has 0 aromatic rings. The minimum Gasteiger partial charge on any atom is -0.300 e. The third-order valence-electron chi connectivity index (χ3n) is 0.864. The third kappa shape index (κ3) is 3.85. The molecule has 1 nitrogen and oxygen atoms in total. The van der Waals surface area contributed by atoms with Gasteiger partial charge in [-0.2, -0.15) is 0 Å². The molecule has 1 heteroatoms. The maximum Gasteiger partial charge on any atom is 0.133 e. The van der Waals surface area contributed by atoms with Crippen LogP contribution in [0.4, 0.5) is 0 Å². The Balaban J connectivity index is 3.25. The molecule has 0 atom stereocenters. The van der Waals surface area contributed by atoms with E-state index in [4.69, 9.17) is 6.92 Å². The van der Waals surface area contributed by atoms with Crippen LogP contribution in [0.25, 0.3) is 0 Å². The van der Waals surface area contributed by atoms with Gasteiger partial charge in [-0.3, -0.25) is 4.79 Å². The molecule has 0 bridgehead atoms. The predicted octanol–water partition coefficient (Wildman–Crippen LogP) is 1.70. The lowest BCUT2D eigenvalue weighted by atomic mass is 10.1. The molecule has 0 amide bonds. The molecule has 2 radical (unpaired) electrons. The van der Waals surface area contributed by atoms with E-state index in [0.717, 1.165) is 0 Å². The molecule has 0 aliphatic carbocycles. The van der Waals surface area contributed by atoms with Crippen molar-refractivity contribution in [3.63, 3.8) is 0 Å². The lowest BCUT2D eigenvalue weighted by Crippen LogP contribution is -1.99. The molecule has 0 rings (SSSR count). The van der Waals surface area contributed by atoms with Crippen LogP contribution in [0.3, 0.4) is 0 Å². The molecule has 0 aliphatic rings. The predicted molar refractivity (Wildman–Crippen MR) is 33.4 cm³/mol. The highest BCUT2D eigenvalue weighted by Crippen LogP contribution is 2.00. The van der Waals surface area contributed by atoms with Gasteiger partial charge < -0.3 is 0 Å². The van der Waals surface area contributed by atoms with Crippen molar-refractivity contribution in [2.24, 2.45) is 5.92 Å². The SMILES string of the molecule is [CH]CC(=O)CC(C)C. The summed E-state index contributed by atoms with van der Waals surface area (Å²) in [4.78, 5) is 10.5. The van der Waals surface area contributed by atoms with E-state index in [2.05, 4.69) is 0 Å². The second kappa shape index (κ2) is 3.65. The molecule has 8 heavy (non-hydrogen) atoms. The van der Waals surface area contributed by atoms with Gasteiger partial charge in [0.25, 0.3) is 0 Å². The fourth-order valence-corrected chi connectivity index (χ4v) is 0.539. The smallest absolute Gasteiger partial charge is 0.133 e. The fraction of sp³-hybridized carbons (Fsp3) is 0.714. The zero-order valence-electron chi connectivity index (χ0n) is 5.48. The molecule has 0 aliphatic heterocycles. The lowest BCUT2D eigenvalue weighted by molar-refractivity contribution is -0.118. The van der Waals surface area contributed by atoms with Crippen molar-refractivity contribution >= 4 is 5.78 Å². The van der Waals surface area contributed by atoms with Crippen LogP contribution in [0.5, 0.6) is 0 Å². The van der Waals surface area contributed by atoms with Crippen LogP contribution < -0.4 is 0 Å². The van der Waals surface area contributed by atoms with Gasteiger partial charge in [0.1, 0.15) is 5.78 Å². The summed E-state index contributed by atoms with van der Waals surface area (Å²) >= 11 is 0. The van der Waals surface area contributed by atoms with Gasteiger partial charge in [0, 0.05) is 12.8 Å². The minimum absolute atomic E-state index is 0.153. The molecule has 0 saturated heterocycles. The van der Waals surface area contributed by atoms with Crippen LogP contribution in [0, 0.1) is 12.8 Å². The van der Waals surface area contributed by atoms with Crippen molar-refractivity contribution in [2.45, 2.75) is 26.7 Å². The zero-order valence-corrected chi connectivity index (χ0v) is 5.48. The summed E-state index contributed by atoms with van der Waals surface area (Å²) in [6.07, 6.45) is 0.814. The van der Waals surface area contributed by atoms with Crippen LogP contribution in [0.1, 0.15) is 26.7 Å². The minimum atomic E-state index is 0.153. The second-order valence-corrected chi connectivity index (χ2v) is 2.34. The van der Waals surface area contributed by atoms with Crippen molar-refractivity contribution in [1.82, 2.24) is 0 Å². The van der Waals surface area contributed by atoms with E-state index < -0.39 is 0 Å². The van der Waals surface area contributed by atoms with Crippen LogP contribution in [0.15, 0.2) is 0 Å². The van der Waals surface area contributed by atoms with Gasteiger partial charge in [0.15, 0.2) is 0 Å². The molecular formula is C7H12O. The highest BCUT2D eigenvalue weighted by molar-refractivity contribution is 5.78. The lowest BCUT2D eigenvalue weighted by Gasteiger charge is -1.98. The van der Waals surface area contributed by atoms with Crippen molar-refractivity contribution in [3.8, 4) is 0 Å². The van der Waals surface area contributed by atoms with E-state index in [0.29, 0.717) is 12.3 Å². The average Bonchev–Trinajstić information content (AvgIpc) is 1.65. The topological polar surface area (TPSA) is 17.1 Å². The number of ketones is 1. The average molecular weight is 112 g/mol. The summed E-state index contributed by atoms with van der Waals surface area (Å²) in [5, 5.41) is 0. The Kier molecular flexibility index (Phi) is 3.49. The normalized spacial score (nSPS) is 10.0. The molecule has 46 valence electrons. The second-order valence-electron chi connectivity index (χ2n) is 2.34. The van der Waals surface area contributed by atoms with E-state index in [1.807, 2.05) is 13.8 Å². The number of carbonyl (C=O) groups excluding carboxylic acids is 1. The number of Topliss-reactive ketones (excluding diaryl/α,β-unsaturated/α-hetero) is 1. The number of rotatable bonds is 3. The summed E-state index contributed by atoms with van der Waals surface area (Å²) in [5.41, 5.74) is 0. The van der Waals surface area contributed by atoms with E-state index in [9.17, 15) is 4.79 Å². The summed E-state index contributed by atoms with van der Waals surface area (Å²) in [6, 6.07) is 0. The van der Waals surface area contributed by atoms with E-state index in [-0.39, 0.29) is 12.2 Å². The first-order valence-electron chi connectivity index (χ1n) is 2.88. The van der Waals surface area contributed by atoms with Gasteiger partial charge in [-0.15, -0.1) is 0 Å². The monoisotopic (exact) mass is 112 g/mol. The van der Waals surface area contributed by atoms with Gasteiger partial charge in [0.05, 0.1) is 0 Å². The zero-order chi connectivity index (χ0) is 6.57. The van der Waals surface area contributed by atoms with Gasteiger partial charge in [-0.1, -0.05) is 13.8 Å². The Morgan fingerprint density at radius 3 is 2.25 bits per heavy atom. The quantitative estimate of drug-likeness (QED) is 0.543. The molecule has 0 spiro atoms. The molecule has 0 saturated carbocycles. The Morgan fingerprint density at radius 2 is 2.12 bits per heavy atom. The summed E-state index contributed by atoms with van der Waals surface area (Å²) in [5.74, 6) is 0.603. The summed E-state index contributed by atoms with van der Waals surface area (Å²) < 4.78 is 0. The van der Waals surface area contributed by atoms with Crippen LogP contribution >= 0.6 is 0 Å². The van der Waals surface area contributed by atoms with Crippen molar-refractivity contribution in [3.05, 3.63) is 6.92 Å². The van der Waals surface area contributed by atoms with Crippen LogP contribution in [0.2, 0.25) is 0 Å². The molecule has 0 fully saturated rings. The first kappa shape index (κ1) is 7.67. The molecule has 0 N–H and O–H groups in total. The maximum atomic E-state index is 10.5. The highest BCUT2D eigenvalue weighted by Gasteiger charge is 1.99. The Bertz CT molecular complexity index is 74.5. The van der Waals surface area contributed by atoms with E-state index >= 15 is 0 Å². The Hall–Kier alpha value is -0.330. The third-order valence-corrected chi connectivity index (χ3v) is 0.864. The molecule has 0 unspecified atom stereocenters. The standard InChI is InChI=1S/C7H12O/c1-4-7(8)5-6(2)3/h1,6H,4-5H2,2-3H3. The van der Waals surface area contributed by atoms with Gasteiger partial charge in [0.2, 0.25) is 0 Å². The maximum absolute atomic E-state index is 10.5. The Labute approximate surface area is 51.1 Å². The highest BCUT2D eigenvalue weighted by atomic mass is 16.1. The largest absolute Gasteiger partial charge is 0.300 e. The van der Waals surface area contributed by atoms with Gasteiger partial charge >= 0.3 is 0 Å². The molecular weight excluding hydrogens is 100 g/mol. The molecule has 0 aromatic carbocycles. The van der Waals surface area contributed by atoms with Crippen molar-refractivity contribution in [2.75, 3.05) is 0 Å². The number of carbonyl (C=O) groups is 1. The number of hydrogen-bond acceptors (Lipinski definition) is 1. The van der Waals surface area contributed by atoms with Crippen LogP contribution in [-0.2, 0) is 4.79 Å². The van der Waals surface area contributed by atoms with Gasteiger partial charge in [-0.25, -0.2) is 0 Å². The molecule has 0 heterocycles. The van der Waals surface area contributed by atoms with Gasteiger partial charge in [-0.05, 0) is 12.8 Å². The van der Waals surface area contributed by atoms with Crippen molar-refractivity contribution in [1.29, 1.82) is 0 Å². The van der Waals surface area contributed by atoms with Crippen LogP contribution in [-0.4, -0.2) is 5.78 Å². The number of hydrogen-bond donors (Lipinski definition) is 0.